The van der Waals surface area contributed by atoms with E-state index < -0.39 is 0 Å². The molecule has 0 bridgehead atoms. The molecule has 0 aliphatic carbocycles. The van der Waals surface area contributed by atoms with E-state index in [1.54, 1.807) is 0 Å². The number of nitrogens with zero attached hydrogens (tertiary/aromatic N) is 4. The van der Waals surface area contributed by atoms with Gasteiger partial charge in [-0.05, 0) is 122 Å². The van der Waals surface area contributed by atoms with Gasteiger partial charge in [0, 0.05) is 39.0 Å². The minimum absolute atomic E-state index is 0.643. The average molecular weight is 767 g/mol. The van der Waals surface area contributed by atoms with Gasteiger partial charge in [0.2, 0.25) is 5.71 Å². The van der Waals surface area contributed by atoms with Gasteiger partial charge < -0.3 is 9.32 Å². The molecule has 0 atom stereocenters. The number of aromatic nitrogens is 3. The molecule has 5 nitrogen and oxygen atoms in total. The Balaban J connectivity index is 0.929. The van der Waals surface area contributed by atoms with E-state index in [9.17, 15) is 0 Å². The van der Waals surface area contributed by atoms with E-state index in [0.717, 1.165) is 67.0 Å². The Kier molecular flexibility index (Phi) is 7.78. The van der Waals surface area contributed by atoms with Crippen LogP contribution in [0.3, 0.4) is 0 Å². The molecule has 0 N–H and O–H groups in total. The van der Waals surface area contributed by atoms with Gasteiger partial charge in [0.05, 0.1) is 28.6 Å². The molecular formula is C55H34N4O. The first-order valence-corrected chi connectivity index (χ1v) is 20.2. The molecular weight excluding hydrogens is 733 g/mol. The molecule has 0 aliphatic heterocycles. The summed E-state index contributed by atoms with van der Waals surface area (Å²) in [5, 5.41) is 9.43. The lowest BCUT2D eigenvalue weighted by Gasteiger charge is -2.26. The van der Waals surface area contributed by atoms with Crippen LogP contribution in [0.2, 0.25) is 0 Å². The number of fused-ring (bicyclic) bond motifs is 8. The third kappa shape index (κ3) is 5.83. The Hall–Kier alpha value is -8.15. The van der Waals surface area contributed by atoms with E-state index in [4.69, 9.17) is 14.4 Å². The van der Waals surface area contributed by atoms with Gasteiger partial charge in [-0.1, -0.05) is 121 Å². The quantitative estimate of drug-likeness (QED) is 0.158. The number of hydrogen-bond donors (Lipinski definition) is 0. The summed E-state index contributed by atoms with van der Waals surface area (Å²) in [4.78, 5) is 16.8. The first-order chi connectivity index (χ1) is 29.7. The van der Waals surface area contributed by atoms with Crippen molar-refractivity contribution < 1.29 is 4.42 Å². The second kappa shape index (κ2) is 13.8. The highest BCUT2D eigenvalue weighted by Crippen LogP contribution is 2.40. The predicted molar refractivity (Wildman–Crippen MR) is 248 cm³/mol. The Morgan fingerprint density at radius 2 is 0.917 bits per heavy atom. The van der Waals surface area contributed by atoms with Crippen LogP contribution in [0.4, 0.5) is 17.1 Å². The molecule has 3 heterocycles. The zero-order valence-electron chi connectivity index (χ0n) is 32.3. The summed E-state index contributed by atoms with van der Waals surface area (Å²) in [6, 6.07) is 70.7. The minimum atomic E-state index is 0.643. The van der Waals surface area contributed by atoms with Crippen molar-refractivity contribution in [3.8, 4) is 33.6 Å². The van der Waals surface area contributed by atoms with Gasteiger partial charge in [-0.25, -0.2) is 9.97 Å². The summed E-state index contributed by atoms with van der Waals surface area (Å²) < 4.78 is 6.13. The fourth-order valence-corrected chi connectivity index (χ4v) is 8.62. The van der Waals surface area contributed by atoms with Crippen molar-refractivity contribution in [2.24, 2.45) is 0 Å². The van der Waals surface area contributed by atoms with E-state index in [1.807, 2.05) is 48.7 Å². The normalized spacial score (nSPS) is 11.7. The minimum Gasteiger partial charge on any atom is -0.438 e. The molecule has 280 valence electrons. The lowest BCUT2D eigenvalue weighted by molar-refractivity contribution is 0.654. The molecule has 0 fully saturated rings. The van der Waals surface area contributed by atoms with Gasteiger partial charge in [0.1, 0.15) is 5.58 Å². The molecule has 9 aromatic carbocycles. The van der Waals surface area contributed by atoms with Gasteiger partial charge in [-0.15, -0.1) is 0 Å². The van der Waals surface area contributed by atoms with Gasteiger partial charge >= 0.3 is 0 Å². The molecule has 0 saturated carbocycles. The summed E-state index contributed by atoms with van der Waals surface area (Å²) in [5.41, 5.74) is 12.5. The molecule has 0 aliphatic rings. The van der Waals surface area contributed by atoms with E-state index in [2.05, 4.69) is 168 Å². The number of pyridine rings is 1. The van der Waals surface area contributed by atoms with Crippen molar-refractivity contribution in [2.45, 2.75) is 0 Å². The van der Waals surface area contributed by atoms with Gasteiger partial charge in [-0.2, -0.15) is 0 Å². The fourth-order valence-electron chi connectivity index (χ4n) is 8.62. The Morgan fingerprint density at radius 3 is 1.72 bits per heavy atom. The second-order valence-electron chi connectivity index (χ2n) is 15.3. The van der Waals surface area contributed by atoms with Gasteiger partial charge in [0.25, 0.3) is 0 Å². The highest BCUT2D eigenvalue weighted by Gasteiger charge is 2.16. The van der Waals surface area contributed by atoms with Crippen molar-refractivity contribution in [3.63, 3.8) is 0 Å². The Labute approximate surface area is 345 Å². The van der Waals surface area contributed by atoms with Crippen LogP contribution in [-0.4, -0.2) is 15.0 Å². The van der Waals surface area contributed by atoms with Crippen molar-refractivity contribution in [2.75, 3.05) is 4.90 Å². The van der Waals surface area contributed by atoms with Crippen LogP contribution in [-0.2, 0) is 0 Å². The maximum Gasteiger partial charge on any atom is 0.227 e. The van der Waals surface area contributed by atoms with Crippen LogP contribution in [0.1, 0.15) is 0 Å². The van der Waals surface area contributed by atoms with Crippen LogP contribution in [0.25, 0.3) is 99.1 Å². The van der Waals surface area contributed by atoms with E-state index in [0.29, 0.717) is 5.71 Å². The Bertz CT molecular complexity index is 3610. The average Bonchev–Trinajstić information content (AvgIpc) is 3.69. The summed E-state index contributed by atoms with van der Waals surface area (Å²) in [6.45, 7) is 0. The summed E-state index contributed by atoms with van der Waals surface area (Å²) in [5.74, 6) is 0. The van der Waals surface area contributed by atoms with Gasteiger partial charge in [-0.3, -0.25) is 4.98 Å². The molecule has 12 aromatic rings. The summed E-state index contributed by atoms with van der Waals surface area (Å²) in [6.07, 6.45) is 1.85. The first kappa shape index (κ1) is 33.9. The highest BCUT2D eigenvalue weighted by atomic mass is 16.3. The van der Waals surface area contributed by atoms with Crippen molar-refractivity contribution >= 4 is 82.5 Å². The molecule has 5 heteroatoms. The van der Waals surface area contributed by atoms with Crippen LogP contribution in [0, 0.1) is 0 Å². The second-order valence-corrected chi connectivity index (χ2v) is 15.3. The third-order valence-electron chi connectivity index (χ3n) is 11.7. The smallest absolute Gasteiger partial charge is 0.227 e. The van der Waals surface area contributed by atoms with Crippen molar-refractivity contribution in [1.82, 2.24) is 15.0 Å². The monoisotopic (exact) mass is 766 g/mol. The van der Waals surface area contributed by atoms with Crippen LogP contribution >= 0.6 is 0 Å². The molecule has 0 saturated heterocycles. The van der Waals surface area contributed by atoms with Crippen molar-refractivity contribution in [3.05, 3.63) is 206 Å². The molecule has 12 rings (SSSR count). The maximum absolute atomic E-state index is 6.13. The van der Waals surface area contributed by atoms with Crippen LogP contribution < -0.4 is 4.90 Å². The Morgan fingerprint density at radius 1 is 0.350 bits per heavy atom. The molecule has 0 radical (unpaired) electrons. The molecule has 0 amide bonds. The topological polar surface area (TPSA) is 55.1 Å². The number of para-hydroxylation sites is 3. The van der Waals surface area contributed by atoms with E-state index >= 15 is 0 Å². The van der Waals surface area contributed by atoms with Gasteiger partial charge in [0.15, 0.2) is 0 Å². The fraction of sp³-hybridized carbons (Fsp3) is 0. The lowest BCUT2D eigenvalue weighted by atomic mass is 9.96. The number of hydrogen-bond acceptors (Lipinski definition) is 5. The maximum atomic E-state index is 6.13. The number of rotatable bonds is 6. The summed E-state index contributed by atoms with van der Waals surface area (Å²) >= 11 is 0. The molecule has 0 unspecified atom stereocenters. The lowest BCUT2D eigenvalue weighted by Crippen LogP contribution is -2.10. The highest BCUT2D eigenvalue weighted by molar-refractivity contribution is 6.10. The van der Waals surface area contributed by atoms with Crippen LogP contribution in [0.15, 0.2) is 211 Å². The van der Waals surface area contributed by atoms with E-state index in [-0.39, 0.29) is 0 Å². The number of benzene rings is 9. The van der Waals surface area contributed by atoms with Crippen molar-refractivity contribution in [1.29, 1.82) is 0 Å². The zero-order valence-corrected chi connectivity index (χ0v) is 32.3. The molecule has 3 aromatic heterocycles. The van der Waals surface area contributed by atoms with Crippen LogP contribution in [0.5, 0.6) is 0 Å². The molecule has 60 heavy (non-hydrogen) atoms. The SMILES string of the molecule is c1ccc2cc(-c3ccc4c(ccc5cc(N(c6ccc(-c7cnc8ccccc8n7)cc6)c6ccc(-c7ccc8c(n7)oc7ccccc78)cc6)ccc54)c3)ccc2c1. The largest absolute Gasteiger partial charge is 0.438 e. The predicted octanol–water partition coefficient (Wildman–Crippen LogP) is 14.9. The number of anilines is 3. The van der Waals surface area contributed by atoms with E-state index in [1.165, 1.54) is 43.4 Å². The third-order valence-corrected chi connectivity index (χ3v) is 11.7. The zero-order chi connectivity index (χ0) is 39.6. The standard InChI is InChI=1S/C55H34N4O/c1-2-8-38-31-39(14-13-35(38)7-1)40-21-27-46-41(32-40)15-16-42-33-45(26-28-47(42)46)59(44-24-19-37(20-25-44)53-34-56-51-10-4-5-11-52(51)57-53)43-22-17-36(18-23-43)50-30-29-49-48-9-3-6-12-54(48)60-55(49)58-50/h1-34H. The first-order valence-electron chi connectivity index (χ1n) is 20.2. The molecule has 0 spiro atoms. The summed E-state index contributed by atoms with van der Waals surface area (Å²) in [7, 11) is 0. The number of furan rings is 1.